The van der Waals surface area contributed by atoms with Crippen LogP contribution in [0.25, 0.3) is 0 Å². The molecule has 0 bridgehead atoms. The van der Waals surface area contributed by atoms with E-state index in [4.69, 9.17) is 0 Å². The lowest BCUT2D eigenvalue weighted by atomic mass is 9.86. The maximum absolute atomic E-state index is 13.8. The van der Waals surface area contributed by atoms with E-state index < -0.39 is 58.9 Å². The summed E-state index contributed by atoms with van der Waals surface area (Å²) in [5.41, 5.74) is -0.943. The summed E-state index contributed by atoms with van der Waals surface area (Å²) in [7, 11) is 0. The second kappa shape index (κ2) is 11.1. The van der Waals surface area contributed by atoms with Crippen molar-refractivity contribution in [2.75, 3.05) is 0 Å². The van der Waals surface area contributed by atoms with Gasteiger partial charge in [-0.05, 0) is 25.2 Å². The quantitative estimate of drug-likeness (QED) is 0.150. The first-order valence-corrected chi connectivity index (χ1v) is 9.68. The van der Waals surface area contributed by atoms with Gasteiger partial charge in [0.25, 0.3) is 5.97 Å². The molecule has 2 atom stereocenters. The van der Waals surface area contributed by atoms with Crippen LogP contribution in [0, 0.1) is 40.9 Å². The van der Waals surface area contributed by atoms with Crippen molar-refractivity contribution in [2.24, 2.45) is 11.8 Å². The van der Waals surface area contributed by atoms with Gasteiger partial charge in [-0.3, -0.25) is 0 Å². The molecule has 0 heterocycles. The molecule has 2 unspecified atom stereocenters. The molecule has 0 aliphatic heterocycles. The molecule has 162 valence electrons. The fraction of sp³-hybridized carbons (Fsp3) is 0.700. The summed E-state index contributed by atoms with van der Waals surface area (Å²) >= 11 is 0. The highest BCUT2D eigenvalue weighted by Crippen LogP contribution is 2.31. The molecule has 0 aromatic heterocycles. The standard InChI is InChI=1S/C20H29F5O3/c1-3-4-5-6-7-8-9-13(20(26,27)28)10-12(2)11-14-15(21)17(23)19(25)18(24)16(14)22/h12-13,26-28H,3-11H2,1-2H3. The zero-order chi connectivity index (χ0) is 21.5. The van der Waals surface area contributed by atoms with Crippen LogP contribution in [0.15, 0.2) is 0 Å². The predicted molar refractivity (Wildman–Crippen MR) is 94.6 cm³/mol. The van der Waals surface area contributed by atoms with Crippen molar-refractivity contribution in [3.8, 4) is 0 Å². The minimum atomic E-state index is -2.98. The zero-order valence-electron chi connectivity index (χ0n) is 16.3. The molecule has 1 rings (SSSR count). The zero-order valence-corrected chi connectivity index (χ0v) is 16.3. The lowest BCUT2D eigenvalue weighted by Gasteiger charge is -2.28. The summed E-state index contributed by atoms with van der Waals surface area (Å²) in [6.45, 7) is 3.57. The highest BCUT2D eigenvalue weighted by atomic mass is 19.2. The SMILES string of the molecule is CCCCCCCCC(CC(C)Cc1c(F)c(F)c(F)c(F)c1F)C(O)(O)O. The minimum absolute atomic E-state index is 0.0576. The molecule has 0 amide bonds. The lowest BCUT2D eigenvalue weighted by molar-refractivity contribution is -0.345. The molecule has 0 spiro atoms. The molecule has 0 fully saturated rings. The number of unbranched alkanes of at least 4 members (excludes halogenated alkanes) is 5. The van der Waals surface area contributed by atoms with Gasteiger partial charge < -0.3 is 15.3 Å². The minimum Gasteiger partial charge on any atom is -0.343 e. The third-order valence-electron chi connectivity index (χ3n) is 4.99. The summed E-state index contributed by atoms with van der Waals surface area (Å²) < 4.78 is 67.4. The van der Waals surface area contributed by atoms with E-state index in [0.717, 1.165) is 32.1 Å². The Balaban J connectivity index is 2.75. The highest BCUT2D eigenvalue weighted by Gasteiger charge is 2.34. The number of aliphatic hydroxyl groups is 3. The van der Waals surface area contributed by atoms with Crippen molar-refractivity contribution in [3.05, 3.63) is 34.6 Å². The van der Waals surface area contributed by atoms with E-state index in [9.17, 15) is 37.3 Å². The van der Waals surface area contributed by atoms with Crippen LogP contribution in [0.4, 0.5) is 22.0 Å². The molecule has 0 aliphatic carbocycles. The van der Waals surface area contributed by atoms with Crippen LogP contribution in [0.3, 0.4) is 0 Å². The Morgan fingerprint density at radius 1 is 0.750 bits per heavy atom. The second-order valence-electron chi connectivity index (χ2n) is 7.53. The Labute approximate surface area is 162 Å². The van der Waals surface area contributed by atoms with E-state index in [-0.39, 0.29) is 12.8 Å². The van der Waals surface area contributed by atoms with Crippen molar-refractivity contribution in [3.63, 3.8) is 0 Å². The molecular weight excluding hydrogens is 383 g/mol. The second-order valence-corrected chi connectivity index (χ2v) is 7.53. The molecule has 3 nitrogen and oxygen atoms in total. The van der Waals surface area contributed by atoms with Gasteiger partial charge in [0.2, 0.25) is 5.82 Å². The Hall–Kier alpha value is -1.25. The predicted octanol–water partition coefficient (Wildman–Crippen LogP) is 4.95. The fourth-order valence-corrected chi connectivity index (χ4v) is 3.39. The molecule has 0 saturated carbocycles. The topological polar surface area (TPSA) is 60.7 Å². The van der Waals surface area contributed by atoms with Crippen molar-refractivity contribution in [2.45, 2.75) is 77.6 Å². The smallest absolute Gasteiger partial charge is 0.278 e. The summed E-state index contributed by atoms with van der Waals surface area (Å²) in [6, 6.07) is 0. The number of rotatable bonds is 12. The first kappa shape index (κ1) is 24.8. The van der Waals surface area contributed by atoms with Crippen LogP contribution in [0.2, 0.25) is 0 Å². The van der Waals surface area contributed by atoms with E-state index in [1.807, 2.05) is 0 Å². The number of halogens is 5. The molecule has 1 aromatic carbocycles. The van der Waals surface area contributed by atoms with Gasteiger partial charge in [0.15, 0.2) is 23.3 Å². The highest BCUT2D eigenvalue weighted by molar-refractivity contribution is 5.24. The molecule has 3 N–H and O–H groups in total. The van der Waals surface area contributed by atoms with Crippen LogP contribution in [-0.2, 0) is 6.42 Å². The van der Waals surface area contributed by atoms with Crippen molar-refractivity contribution in [1.82, 2.24) is 0 Å². The summed E-state index contributed by atoms with van der Waals surface area (Å²) in [5.74, 6) is -14.7. The van der Waals surface area contributed by atoms with Gasteiger partial charge in [0.05, 0.1) is 0 Å². The Morgan fingerprint density at radius 3 is 1.71 bits per heavy atom. The average Bonchev–Trinajstić information content (AvgIpc) is 2.63. The monoisotopic (exact) mass is 412 g/mol. The molecule has 0 radical (unpaired) electrons. The lowest BCUT2D eigenvalue weighted by Crippen LogP contribution is -2.38. The van der Waals surface area contributed by atoms with Crippen LogP contribution in [-0.4, -0.2) is 21.3 Å². The molecular formula is C20H29F5O3. The summed E-state index contributed by atoms with van der Waals surface area (Å²) in [6.07, 6.45) is 5.38. The number of hydrogen-bond acceptors (Lipinski definition) is 3. The molecule has 1 aromatic rings. The summed E-state index contributed by atoms with van der Waals surface area (Å²) in [4.78, 5) is 0. The van der Waals surface area contributed by atoms with Gasteiger partial charge in [-0.1, -0.05) is 52.4 Å². The van der Waals surface area contributed by atoms with Crippen LogP contribution in [0.5, 0.6) is 0 Å². The normalized spacial score (nSPS) is 14.4. The van der Waals surface area contributed by atoms with Gasteiger partial charge >= 0.3 is 0 Å². The van der Waals surface area contributed by atoms with Gasteiger partial charge in [-0.2, -0.15) is 0 Å². The Bertz CT molecular complexity index is 602. The van der Waals surface area contributed by atoms with E-state index in [1.54, 1.807) is 0 Å². The first-order valence-electron chi connectivity index (χ1n) is 9.68. The molecule has 8 heteroatoms. The summed E-state index contributed by atoms with van der Waals surface area (Å²) in [5, 5.41) is 28.7. The van der Waals surface area contributed by atoms with Gasteiger partial charge in [0.1, 0.15) is 0 Å². The fourth-order valence-electron chi connectivity index (χ4n) is 3.39. The first-order chi connectivity index (χ1) is 13.0. The van der Waals surface area contributed by atoms with E-state index in [2.05, 4.69) is 6.92 Å². The van der Waals surface area contributed by atoms with Crippen LogP contribution >= 0.6 is 0 Å². The Morgan fingerprint density at radius 2 is 1.21 bits per heavy atom. The average molecular weight is 412 g/mol. The van der Waals surface area contributed by atoms with Crippen LogP contribution in [0.1, 0.15) is 70.8 Å². The molecule has 0 saturated heterocycles. The third-order valence-corrected chi connectivity index (χ3v) is 4.99. The number of hydrogen-bond donors (Lipinski definition) is 3. The Kier molecular flexibility index (Phi) is 9.80. The van der Waals surface area contributed by atoms with Gasteiger partial charge in [0, 0.05) is 11.5 Å². The van der Waals surface area contributed by atoms with E-state index in [0.29, 0.717) is 6.42 Å². The van der Waals surface area contributed by atoms with Crippen molar-refractivity contribution < 1.29 is 37.3 Å². The van der Waals surface area contributed by atoms with E-state index >= 15 is 0 Å². The van der Waals surface area contributed by atoms with Crippen molar-refractivity contribution in [1.29, 1.82) is 0 Å². The van der Waals surface area contributed by atoms with Crippen molar-refractivity contribution >= 4 is 0 Å². The van der Waals surface area contributed by atoms with E-state index in [1.165, 1.54) is 6.92 Å². The third kappa shape index (κ3) is 6.97. The maximum atomic E-state index is 13.8. The van der Waals surface area contributed by atoms with Gasteiger partial charge in [-0.15, -0.1) is 0 Å². The number of benzene rings is 1. The van der Waals surface area contributed by atoms with Crippen LogP contribution < -0.4 is 0 Å². The maximum Gasteiger partial charge on any atom is 0.278 e. The van der Waals surface area contributed by atoms with Gasteiger partial charge in [-0.25, -0.2) is 22.0 Å². The molecule has 0 aliphatic rings. The molecule has 28 heavy (non-hydrogen) atoms. The largest absolute Gasteiger partial charge is 0.343 e.